The number of nitrogens with one attached hydrogen (secondary N) is 1. The molecule has 2 aromatic carbocycles. The summed E-state index contributed by atoms with van der Waals surface area (Å²) in [5, 5.41) is 20.3. The van der Waals surface area contributed by atoms with Crippen LogP contribution in [-0.2, 0) is 35.3 Å². The first-order chi connectivity index (χ1) is 21.2. The fourth-order valence-electron chi connectivity index (χ4n) is 4.36. The van der Waals surface area contributed by atoms with Gasteiger partial charge in [-0.1, -0.05) is 29.8 Å². The summed E-state index contributed by atoms with van der Waals surface area (Å²) in [4.78, 5) is 28.7. The third kappa shape index (κ3) is 8.00. The monoisotopic (exact) mass is 654 g/mol. The van der Waals surface area contributed by atoms with E-state index >= 15 is 0 Å². The van der Waals surface area contributed by atoms with E-state index in [2.05, 4.69) is 15.1 Å². The number of alkyl halides is 3. The Hall–Kier alpha value is -4.87. The van der Waals surface area contributed by atoms with Crippen LogP contribution in [0.25, 0.3) is 16.9 Å². The molecule has 1 unspecified atom stereocenters. The maximum Gasteiger partial charge on any atom is 0.511 e. The number of sulfonamides is 1. The number of hydrogen-bond donors (Lipinski definition) is 1. The van der Waals surface area contributed by atoms with Crippen molar-refractivity contribution in [3.63, 3.8) is 0 Å². The van der Waals surface area contributed by atoms with E-state index in [0.29, 0.717) is 12.0 Å². The minimum absolute atomic E-state index is 0.0450. The minimum atomic E-state index is -4.72. The number of hydrogen-bond acceptors (Lipinski definition) is 10. The molecule has 242 valence electrons. The molecule has 18 heteroatoms. The van der Waals surface area contributed by atoms with Crippen molar-refractivity contribution in [2.75, 3.05) is 13.2 Å². The summed E-state index contributed by atoms with van der Waals surface area (Å²) in [5.74, 6) is -1.02. The number of ether oxygens (including phenoxy) is 2. The molecule has 0 aliphatic carbocycles. The highest BCUT2D eigenvalue weighted by Crippen LogP contribution is 2.33. The van der Waals surface area contributed by atoms with E-state index in [9.17, 15) is 36.4 Å². The molecule has 0 saturated carbocycles. The molecule has 1 fully saturated rings. The molecule has 1 aromatic heterocycles. The number of amides is 1. The largest absolute Gasteiger partial charge is 0.569 e. The number of carbonyl (C=O) groups is 2. The number of hydrazine groups is 1. The Kier molecular flexibility index (Phi) is 9.84. The highest BCUT2D eigenvalue weighted by molar-refractivity contribution is 7.90. The molecule has 45 heavy (non-hydrogen) atoms. The van der Waals surface area contributed by atoms with E-state index < -0.39 is 46.3 Å². The first kappa shape index (κ1) is 33.0. The van der Waals surface area contributed by atoms with Crippen LogP contribution in [0.2, 0.25) is 0 Å². The number of aromatic nitrogens is 2. The van der Waals surface area contributed by atoms with Gasteiger partial charge in [-0.3, -0.25) is 9.63 Å². The maximum atomic E-state index is 13.5. The summed E-state index contributed by atoms with van der Waals surface area (Å²) >= 11 is 0. The van der Waals surface area contributed by atoms with Gasteiger partial charge < -0.3 is 14.7 Å². The van der Waals surface area contributed by atoms with E-state index in [0.717, 1.165) is 33.5 Å². The van der Waals surface area contributed by atoms with E-state index in [1.165, 1.54) is 19.1 Å². The third-order valence-electron chi connectivity index (χ3n) is 6.51. The Morgan fingerprint density at radius 2 is 1.84 bits per heavy atom. The normalized spacial score (nSPS) is 16.3. The quantitative estimate of drug-likeness (QED) is 0.108. The van der Waals surface area contributed by atoms with Gasteiger partial charge in [0.2, 0.25) is 5.28 Å². The topological polar surface area (TPSA) is 167 Å². The first-order valence-corrected chi connectivity index (χ1v) is 15.0. The summed E-state index contributed by atoms with van der Waals surface area (Å²) in [6, 6.07) is 11.1. The molecule has 1 aliphatic rings. The predicted octanol–water partition coefficient (Wildman–Crippen LogP) is 4.46. The van der Waals surface area contributed by atoms with Crippen molar-refractivity contribution in [3.05, 3.63) is 71.1 Å². The molecule has 1 saturated heterocycles. The predicted molar refractivity (Wildman–Crippen MR) is 149 cm³/mol. The fourth-order valence-corrected chi connectivity index (χ4v) is 5.37. The second-order valence-corrected chi connectivity index (χ2v) is 11.5. The standard InChI is InChI=1S/C27H29F3N6O8S/c1-4-42-26(38)43-18(3)44-33-36(39)34-15-5-6-22(34)25(37)32-45(40,41)21-13-11-20(12-14-21)35-23(16-24(31-35)27(28,29)30)19-9-7-17(2)8-10-19/h7-14,16,18,22H,4-6,15H2,1-3H3,(H,32,37)/b36-33-/t18?,22-/m0/s1. The molecule has 0 bridgehead atoms. The van der Waals surface area contributed by atoms with E-state index in [1.54, 1.807) is 31.2 Å². The van der Waals surface area contributed by atoms with Crippen LogP contribution in [0.3, 0.4) is 0 Å². The van der Waals surface area contributed by atoms with Crippen molar-refractivity contribution in [2.24, 2.45) is 5.28 Å². The Balaban J connectivity index is 1.49. The lowest BCUT2D eigenvalue weighted by molar-refractivity contribution is -0.713. The molecule has 4 rings (SSSR count). The van der Waals surface area contributed by atoms with E-state index in [4.69, 9.17) is 9.57 Å². The van der Waals surface area contributed by atoms with E-state index in [1.807, 2.05) is 11.6 Å². The average Bonchev–Trinajstić information content (AvgIpc) is 3.65. The summed E-state index contributed by atoms with van der Waals surface area (Å²) in [6.07, 6.45) is -6.60. The van der Waals surface area contributed by atoms with Gasteiger partial charge in [0.05, 0.1) is 34.4 Å². The average molecular weight is 655 g/mol. The minimum Gasteiger partial charge on any atom is -0.569 e. The van der Waals surface area contributed by atoms with Crippen LogP contribution >= 0.6 is 0 Å². The van der Waals surface area contributed by atoms with Crippen molar-refractivity contribution in [2.45, 2.75) is 57.0 Å². The van der Waals surface area contributed by atoms with Gasteiger partial charge in [-0.05, 0) is 57.0 Å². The number of benzene rings is 2. The maximum absolute atomic E-state index is 13.5. The lowest BCUT2D eigenvalue weighted by Gasteiger charge is -2.20. The van der Waals surface area contributed by atoms with Crippen molar-refractivity contribution in [1.29, 1.82) is 0 Å². The van der Waals surface area contributed by atoms with Crippen molar-refractivity contribution in [3.8, 4) is 16.9 Å². The van der Waals surface area contributed by atoms with Gasteiger partial charge in [0.15, 0.2) is 11.7 Å². The highest BCUT2D eigenvalue weighted by atomic mass is 32.2. The number of halogens is 3. The smallest absolute Gasteiger partial charge is 0.511 e. The zero-order valence-electron chi connectivity index (χ0n) is 24.2. The SMILES string of the molecule is CCOC(=O)OC(C)O/N=[N+](\[O-])N1CCC[C@H]1C(=O)NS(=O)(=O)c1ccc(-n2nc(C(F)(F)F)cc2-c2ccc(C)cc2)cc1. The van der Waals surface area contributed by atoms with E-state index in [-0.39, 0.29) is 40.8 Å². The molecule has 3 aromatic rings. The van der Waals surface area contributed by atoms with Gasteiger partial charge in [-0.15, -0.1) is 5.01 Å². The molecule has 1 N–H and O–H groups in total. The van der Waals surface area contributed by atoms with Gasteiger partial charge in [-0.25, -0.2) is 22.6 Å². The summed E-state index contributed by atoms with van der Waals surface area (Å²) in [7, 11) is -4.46. The van der Waals surface area contributed by atoms with Gasteiger partial charge in [0.1, 0.15) is 0 Å². The summed E-state index contributed by atoms with van der Waals surface area (Å²) < 4.78 is 78.9. The number of aryl methyl sites for hydroxylation is 1. The van der Waals surface area contributed by atoms with Crippen molar-refractivity contribution >= 4 is 22.1 Å². The van der Waals surface area contributed by atoms with Crippen LogP contribution in [0, 0.1) is 12.1 Å². The lowest BCUT2D eigenvalue weighted by Crippen LogP contribution is -2.47. The molecule has 0 spiro atoms. The van der Waals surface area contributed by atoms with Gasteiger partial charge >= 0.3 is 12.3 Å². The molecular weight excluding hydrogens is 625 g/mol. The molecule has 2 atom stereocenters. The van der Waals surface area contributed by atoms with Crippen LogP contribution in [0.1, 0.15) is 37.9 Å². The van der Waals surface area contributed by atoms with Crippen molar-refractivity contribution in [1.82, 2.24) is 19.5 Å². The molecule has 1 amide bonds. The Morgan fingerprint density at radius 1 is 1.18 bits per heavy atom. The summed E-state index contributed by atoms with van der Waals surface area (Å²) in [5.41, 5.74) is 0.496. The zero-order chi connectivity index (χ0) is 32.9. The number of nitrogens with zero attached hydrogens (tertiary/aromatic N) is 5. The molecule has 1 aliphatic heterocycles. The van der Waals surface area contributed by atoms with Crippen LogP contribution in [0.5, 0.6) is 0 Å². The van der Waals surface area contributed by atoms with Crippen LogP contribution in [-0.4, -0.2) is 65.7 Å². The van der Waals surface area contributed by atoms with Crippen LogP contribution in [0.4, 0.5) is 18.0 Å². The van der Waals surface area contributed by atoms with Crippen LogP contribution < -0.4 is 4.72 Å². The highest BCUT2D eigenvalue weighted by Gasteiger charge is 2.39. The van der Waals surface area contributed by atoms with Gasteiger partial charge in [0, 0.05) is 12.5 Å². The second-order valence-electron chi connectivity index (χ2n) is 9.78. The van der Waals surface area contributed by atoms with Crippen LogP contribution in [0.15, 0.2) is 64.8 Å². The number of carbonyl (C=O) groups excluding carboxylic acids is 2. The van der Waals surface area contributed by atoms with Crippen molar-refractivity contribution < 1.29 is 50.5 Å². The third-order valence-corrected chi connectivity index (χ3v) is 7.87. The molecule has 0 radical (unpaired) electrons. The zero-order valence-corrected chi connectivity index (χ0v) is 25.0. The lowest BCUT2D eigenvalue weighted by atomic mass is 10.1. The number of rotatable bonds is 10. The second kappa shape index (κ2) is 13.4. The Morgan fingerprint density at radius 3 is 2.47 bits per heavy atom. The Labute approximate surface area is 255 Å². The van der Waals surface area contributed by atoms with Gasteiger partial charge in [0.25, 0.3) is 22.2 Å². The molecule has 14 nitrogen and oxygen atoms in total. The molecular formula is C27H29F3N6O8S. The first-order valence-electron chi connectivity index (χ1n) is 13.5. The molecule has 2 heterocycles. The summed E-state index contributed by atoms with van der Waals surface area (Å²) in [6.45, 7) is 4.76. The van der Waals surface area contributed by atoms with Gasteiger partial charge in [-0.2, -0.15) is 18.3 Å². The Bertz CT molecular complexity index is 1660. The fraction of sp³-hybridized carbons (Fsp3) is 0.370.